The fourth-order valence-corrected chi connectivity index (χ4v) is 3.77. The Morgan fingerprint density at radius 1 is 1.42 bits per heavy atom. The summed E-state index contributed by atoms with van der Waals surface area (Å²) in [6.07, 6.45) is -2.70. The van der Waals surface area contributed by atoms with Crippen LogP contribution < -0.4 is 5.32 Å². The van der Waals surface area contributed by atoms with Crippen LogP contribution >= 0.6 is 23.1 Å². The van der Waals surface area contributed by atoms with Crippen LogP contribution in [0.4, 0.5) is 13.2 Å². The lowest BCUT2D eigenvalue weighted by Crippen LogP contribution is -2.32. The first-order valence-corrected chi connectivity index (χ1v) is 9.79. The van der Waals surface area contributed by atoms with E-state index in [-0.39, 0.29) is 28.6 Å². The van der Waals surface area contributed by atoms with Gasteiger partial charge in [0.1, 0.15) is 5.69 Å². The number of aromatic nitrogens is 2. The van der Waals surface area contributed by atoms with E-state index in [2.05, 4.69) is 15.3 Å². The molecule has 0 aliphatic carbocycles. The molecule has 26 heavy (non-hydrogen) atoms. The molecule has 3 heterocycles. The molecule has 1 N–H and O–H groups in total. The molecule has 1 aliphatic heterocycles. The molecule has 0 saturated carbocycles. The molecule has 3 rings (SSSR count). The van der Waals surface area contributed by atoms with E-state index in [1.165, 1.54) is 11.3 Å². The lowest BCUT2D eigenvalue weighted by atomic mass is 10.2. The Kier molecular flexibility index (Phi) is 6.15. The number of nitrogens with one attached hydrogen (secondary N) is 1. The van der Waals surface area contributed by atoms with Gasteiger partial charge in [0.2, 0.25) is 5.91 Å². The fourth-order valence-electron chi connectivity index (χ4n) is 2.40. The smallest absolute Gasteiger partial charge is 0.376 e. The maximum atomic E-state index is 13.1. The minimum absolute atomic E-state index is 0.0131. The third-order valence-corrected chi connectivity index (χ3v) is 5.39. The van der Waals surface area contributed by atoms with E-state index in [4.69, 9.17) is 4.74 Å². The van der Waals surface area contributed by atoms with E-state index in [9.17, 15) is 18.0 Å². The van der Waals surface area contributed by atoms with E-state index in [1.807, 2.05) is 0 Å². The normalized spacial score (nSPS) is 17.4. The summed E-state index contributed by atoms with van der Waals surface area (Å²) in [4.78, 5) is 20.2. The van der Waals surface area contributed by atoms with Crippen molar-refractivity contribution in [3.05, 3.63) is 29.3 Å². The van der Waals surface area contributed by atoms with Crippen LogP contribution in [-0.2, 0) is 15.7 Å². The highest BCUT2D eigenvalue weighted by Crippen LogP contribution is 2.33. The highest BCUT2D eigenvalue weighted by Gasteiger charge is 2.34. The van der Waals surface area contributed by atoms with Gasteiger partial charge in [-0.3, -0.25) is 4.79 Å². The number of hydrogen-bond donors (Lipinski definition) is 1. The minimum Gasteiger partial charge on any atom is -0.376 e. The van der Waals surface area contributed by atoms with Crippen LogP contribution in [0.5, 0.6) is 0 Å². The van der Waals surface area contributed by atoms with Gasteiger partial charge < -0.3 is 10.1 Å². The number of thioether (sulfide) groups is 1. The van der Waals surface area contributed by atoms with Crippen molar-refractivity contribution in [3.8, 4) is 10.6 Å². The van der Waals surface area contributed by atoms with Gasteiger partial charge in [-0.05, 0) is 30.4 Å². The minimum atomic E-state index is -4.58. The largest absolute Gasteiger partial charge is 0.433 e. The Balaban J connectivity index is 1.66. The number of thiophene rings is 1. The molecule has 0 radical (unpaired) electrons. The first kappa shape index (κ1) is 19.1. The summed E-state index contributed by atoms with van der Waals surface area (Å²) in [6, 6.07) is 4.35. The number of alkyl halides is 3. The number of nitrogens with zero attached hydrogens (tertiary/aromatic N) is 2. The highest BCUT2D eigenvalue weighted by atomic mass is 32.2. The quantitative estimate of drug-likeness (QED) is 0.590. The molecule has 0 unspecified atom stereocenters. The zero-order chi connectivity index (χ0) is 18.6. The average molecular weight is 403 g/mol. The first-order valence-electron chi connectivity index (χ1n) is 7.93. The second-order valence-electron chi connectivity index (χ2n) is 5.62. The van der Waals surface area contributed by atoms with Crippen molar-refractivity contribution in [1.82, 2.24) is 15.3 Å². The van der Waals surface area contributed by atoms with Crippen molar-refractivity contribution in [2.24, 2.45) is 0 Å². The van der Waals surface area contributed by atoms with Crippen LogP contribution in [-0.4, -0.2) is 40.9 Å². The average Bonchev–Trinajstić information content (AvgIpc) is 3.30. The molecule has 2 aromatic heterocycles. The van der Waals surface area contributed by atoms with Crippen LogP contribution in [0, 0.1) is 0 Å². The van der Waals surface area contributed by atoms with Gasteiger partial charge in [0, 0.05) is 13.2 Å². The monoisotopic (exact) mass is 403 g/mol. The number of hydrogen-bond acceptors (Lipinski definition) is 6. The third kappa shape index (κ3) is 5.18. The van der Waals surface area contributed by atoms with Crippen molar-refractivity contribution >= 4 is 29.0 Å². The maximum Gasteiger partial charge on any atom is 0.433 e. The number of carbonyl (C=O) groups is 1. The molecular weight excluding hydrogens is 387 g/mol. The summed E-state index contributed by atoms with van der Waals surface area (Å²) in [5.41, 5.74) is -0.817. The Morgan fingerprint density at radius 3 is 2.92 bits per heavy atom. The molecule has 1 aliphatic rings. The molecule has 0 aromatic carbocycles. The zero-order valence-corrected chi connectivity index (χ0v) is 15.2. The zero-order valence-electron chi connectivity index (χ0n) is 13.6. The van der Waals surface area contributed by atoms with E-state index < -0.39 is 11.9 Å². The van der Waals surface area contributed by atoms with E-state index in [0.717, 1.165) is 30.7 Å². The summed E-state index contributed by atoms with van der Waals surface area (Å²) < 4.78 is 44.7. The first-order chi connectivity index (χ1) is 12.4. The summed E-state index contributed by atoms with van der Waals surface area (Å²) in [5, 5.41) is 4.41. The van der Waals surface area contributed by atoms with Gasteiger partial charge in [-0.1, -0.05) is 17.8 Å². The van der Waals surface area contributed by atoms with Crippen molar-refractivity contribution in [1.29, 1.82) is 0 Å². The van der Waals surface area contributed by atoms with Gasteiger partial charge in [-0.25, -0.2) is 9.97 Å². The van der Waals surface area contributed by atoms with Gasteiger partial charge in [0.05, 0.1) is 22.4 Å². The molecular formula is C16H16F3N3O2S2. The van der Waals surface area contributed by atoms with E-state index in [0.29, 0.717) is 18.0 Å². The summed E-state index contributed by atoms with van der Waals surface area (Å²) in [5.74, 6) is -0.345. The van der Waals surface area contributed by atoms with Crippen molar-refractivity contribution in [2.45, 2.75) is 30.3 Å². The summed E-state index contributed by atoms with van der Waals surface area (Å²) in [6.45, 7) is 1.10. The predicted octanol–water partition coefficient (Wildman–Crippen LogP) is 3.61. The molecule has 10 heteroatoms. The predicted molar refractivity (Wildman–Crippen MR) is 93.1 cm³/mol. The molecule has 0 spiro atoms. The lowest BCUT2D eigenvalue weighted by Gasteiger charge is -2.11. The number of amides is 1. The molecule has 1 saturated heterocycles. The topological polar surface area (TPSA) is 64.1 Å². The van der Waals surface area contributed by atoms with Gasteiger partial charge in [0.15, 0.2) is 5.16 Å². The Bertz CT molecular complexity index is 748. The van der Waals surface area contributed by atoms with Gasteiger partial charge in [-0.15, -0.1) is 11.3 Å². The summed E-state index contributed by atoms with van der Waals surface area (Å²) >= 11 is 2.17. The second kappa shape index (κ2) is 8.36. The Labute approximate surface area is 156 Å². The third-order valence-electron chi connectivity index (χ3n) is 3.65. The van der Waals surface area contributed by atoms with Crippen LogP contribution in [0.2, 0.25) is 0 Å². The Morgan fingerprint density at radius 2 is 2.27 bits per heavy atom. The van der Waals surface area contributed by atoms with Crippen molar-refractivity contribution in [3.63, 3.8) is 0 Å². The second-order valence-corrected chi connectivity index (χ2v) is 7.51. The molecule has 1 amide bonds. The molecule has 1 fully saturated rings. The van der Waals surface area contributed by atoms with Crippen LogP contribution in [0.3, 0.4) is 0 Å². The Hall–Kier alpha value is -1.65. The van der Waals surface area contributed by atoms with Crippen LogP contribution in [0.15, 0.2) is 28.7 Å². The molecule has 1 atom stereocenters. The highest BCUT2D eigenvalue weighted by molar-refractivity contribution is 7.99. The van der Waals surface area contributed by atoms with Crippen molar-refractivity contribution in [2.75, 3.05) is 18.9 Å². The number of carbonyl (C=O) groups excluding carboxylic acids is 1. The van der Waals surface area contributed by atoms with Gasteiger partial charge >= 0.3 is 6.18 Å². The van der Waals surface area contributed by atoms with E-state index >= 15 is 0 Å². The fraction of sp³-hybridized carbons (Fsp3) is 0.438. The molecule has 140 valence electrons. The number of ether oxygens (including phenoxy) is 1. The van der Waals surface area contributed by atoms with E-state index in [1.54, 1.807) is 17.5 Å². The SMILES string of the molecule is O=C(CSc1nc(-c2cccs2)cc(C(F)(F)F)n1)NC[C@H]1CCCO1. The molecule has 2 aromatic rings. The standard InChI is InChI=1S/C16H16F3N3O2S2/c17-16(18,19)13-7-11(12-4-2-6-25-12)21-15(22-13)26-9-14(23)20-8-10-3-1-5-24-10/h2,4,6-7,10H,1,3,5,8-9H2,(H,20,23)/t10-/m1/s1. The maximum absolute atomic E-state index is 13.1. The number of halogens is 3. The van der Waals surface area contributed by atoms with Crippen LogP contribution in [0.25, 0.3) is 10.6 Å². The molecule has 0 bridgehead atoms. The summed E-state index contributed by atoms with van der Waals surface area (Å²) in [7, 11) is 0. The lowest BCUT2D eigenvalue weighted by molar-refractivity contribution is -0.141. The molecule has 5 nitrogen and oxygen atoms in total. The van der Waals surface area contributed by atoms with Gasteiger partial charge in [0.25, 0.3) is 0 Å². The number of rotatable bonds is 6. The van der Waals surface area contributed by atoms with Gasteiger partial charge in [-0.2, -0.15) is 13.2 Å². The van der Waals surface area contributed by atoms with Crippen LogP contribution in [0.1, 0.15) is 18.5 Å². The van der Waals surface area contributed by atoms with Crippen molar-refractivity contribution < 1.29 is 22.7 Å².